The molecule has 4 rings (SSSR count). The number of anilines is 1. The van der Waals surface area contributed by atoms with Crippen LogP contribution >= 0.6 is 11.5 Å². The van der Waals surface area contributed by atoms with Crippen LogP contribution in [0.4, 0.5) is 5.13 Å². The molecule has 0 bridgehead atoms. The molecule has 6 nitrogen and oxygen atoms in total. The van der Waals surface area contributed by atoms with Crippen molar-refractivity contribution in [3.05, 3.63) is 41.7 Å². The lowest BCUT2D eigenvalue weighted by Crippen LogP contribution is -2.39. The van der Waals surface area contributed by atoms with Crippen LogP contribution in [0.2, 0.25) is 0 Å². The zero-order chi connectivity index (χ0) is 17.4. The minimum Gasteiger partial charge on any atom is -0.345 e. The number of rotatable bonds is 6. The Labute approximate surface area is 152 Å². The summed E-state index contributed by atoms with van der Waals surface area (Å²) in [5.41, 5.74) is 0.822. The minimum atomic E-state index is -3.33. The summed E-state index contributed by atoms with van der Waals surface area (Å²) in [6, 6.07) is 9.33. The van der Waals surface area contributed by atoms with E-state index in [1.54, 1.807) is 11.4 Å². The van der Waals surface area contributed by atoms with Crippen molar-refractivity contribution < 1.29 is 8.42 Å². The summed E-state index contributed by atoms with van der Waals surface area (Å²) in [4.78, 5) is 6.81. The maximum Gasteiger partial charge on any atom is 0.218 e. The molecule has 1 aliphatic heterocycles. The summed E-state index contributed by atoms with van der Waals surface area (Å²) in [5.74, 6) is 1.57. The average molecular weight is 379 g/mol. The average Bonchev–Trinajstić information content (AvgIpc) is 3.13. The summed E-state index contributed by atoms with van der Waals surface area (Å²) >= 11 is 1.44. The van der Waals surface area contributed by atoms with E-state index >= 15 is 0 Å². The Bertz CT molecular complexity index is 833. The largest absolute Gasteiger partial charge is 0.345 e. The Hall–Kier alpha value is -1.51. The van der Waals surface area contributed by atoms with Crippen molar-refractivity contribution in [2.45, 2.75) is 37.0 Å². The molecule has 1 aromatic heterocycles. The fourth-order valence-corrected chi connectivity index (χ4v) is 5.41. The van der Waals surface area contributed by atoms with Gasteiger partial charge in [-0.2, -0.15) is 8.68 Å². The lowest BCUT2D eigenvalue weighted by Gasteiger charge is -2.24. The van der Waals surface area contributed by atoms with E-state index in [-0.39, 0.29) is 11.8 Å². The predicted molar refractivity (Wildman–Crippen MR) is 99.3 cm³/mol. The molecule has 0 spiro atoms. The molecular formula is C17H22N4O2S2. The summed E-state index contributed by atoms with van der Waals surface area (Å²) < 4.78 is 31.4. The van der Waals surface area contributed by atoms with Gasteiger partial charge >= 0.3 is 0 Å². The monoisotopic (exact) mass is 378 g/mol. The van der Waals surface area contributed by atoms with E-state index in [9.17, 15) is 8.42 Å². The van der Waals surface area contributed by atoms with E-state index < -0.39 is 10.0 Å². The molecule has 1 saturated carbocycles. The van der Waals surface area contributed by atoms with Crippen molar-refractivity contribution in [3.8, 4) is 0 Å². The van der Waals surface area contributed by atoms with Crippen molar-refractivity contribution in [1.29, 1.82) is 0 Å². The van der Waals surface area contributed by atoms with Gasteiger partial charge in [0.1, 0.15) is 5.82 Å². The van der Waals surface area contributed by atoms with Gasteiger partial charge in [-0.3, -0.25) is 0 Å². The van der Waals surface area contributed by atoms with Crippen LogP contribution in [0.1, 0.15) is 36.6 Å². The minimum absolute atomic E-state index is 0.0120. The zero-order valence-electron chi connectivity index (χ0n) is 14.2. The molecular weight excluding hydrogens is 356 g/mol. The highest BCUT2D eigenvalue weighted by molar-refractivity contribution is 7.88. The van der Waals surface area contributed by atoms with Crippen LogP contribution in [0.25, 0.3) is 0 Å². The first-order valence-corrected chi connectivity index (χ1v) is 11.0. The Kier molecular flexibility index (Phi) is 4.51. The topological polar surface area (TPSA) is 66.4 Å². The smallest absolute Gasteiger partial charge is 0.218 e. The summed E-state index contributed by atoms with van der Waals surface area (Å²) in [5, 5.41) is 0.929. The molecule has 0 N–H and O–H groups in total. The van der Waals surface area contributed by atoms with E-state index in [2.05, 4.69) is 14.3 Å². The lowest BCUT2D eigenvalue weighted by molar-refractivity contribution is 0.389. The van der Waals surface area contributed by atoms with Gasteiger partial charge in [0.05, 0.1) is 5.75 Å². The van der Waals surface area contributed by atoms with Crippen LogP contribution in [-0.4, -0.2) is 48.3 Å². The molecule has 1 atom stereocenters. The van der Waals surface area contributed by atoms with Crippen LogP contribution in [0.3, 0.4) is 0 Å². The van der Waals surface area contributed by atoms with Crippen molar-refractivity contribution in [2.75, 3.05) is 25.0 Å². The van der Waals surface area contributed by atoms with E-state index in [1.807, 2.05) is 30.3 Å². The predicted octanol–water partition coefficient (Wildman–Crippen LogP) is 2.46. The fraction of sp³-hybridized carbons (Fsp3) is 0.529. The summed E-state index contributed by atoms with van der Waals surface area (Å²) in [6.07, 6.45) is 3.21. The Morgan fingerprint density at radius 1 is 1.24 bits per heavy atom. The molecule has 0 radical (unpaired) electrons. The number of hydrogen-bond acceptors (Lipinski definition) is 6. The van der Waals surface area contributed by atoms with Gasteiger partial charge in [0.25, 0.3) is 0 Å². The maximum atomic E-state index is 12.7. The van der Waals surface area contributed by atoms with Gasteiger partial charge in [0.2, 0.25) is 15.2 Å². The molecule has 134 valence electrons. The normalized spacial score (nSPS) is 21.2. The fourth-order valence-electron chi connectivity index (χ4n) is 3.19. The first-order chi connectivity index (χ1) is 12.0. The van der Waals surface area contributed by atoms with Crippen LogP contribution in [-0.2, 0) is 15.8 Å². The molecule has 1 saturated heterocycles. The van der Waals surface area contributed by atoms with Crippen molar-refractivity contribution in [1.82, 2.24) is 13.7 Å². The van der Waals surface area contributed by atoms with Gasteiger partial charge in [-0.25, -0.2) is 13.4 Å². The molecule has 2 aliphatic rings. The summed E-state index contributed by atoms with van der Waals surface area (Å²) in [6.45, 7) is 1.51. The third kappa shape index (κ3) is 3.70. The molecule has 0 amide bonds. The molecule has 8 heteroatoms. The second-order valence-electron chi connectivity index (χ2n) is 6.86. The van der Waals surface area contributed by atoms with Crippen LogP contribution < -0.4 is 4.90 Å². The highest BCUT2D eigenvalue weighted by atomic mass is 32.2. The van der Waals surface area contributed by atoms with E-state index in [0.29, 0.717) is 12.5 Å². The second kappa shape index (κ2) is 6.66. The molecule has 25 heavy (non-hydrogen) atoms. The third-order valence-electron chi connectivity index (χ3n) is 4.95. The van der Waals surface area contributed by atoms with E-state index in [4.69, 9.17) is 0 Å². The summed E-state index contributed by atoms with van der Waals surface area (Å²) in [7, 11) is -1.63. The number of nitrogens with zero attached hydrogens (tertiary/aromatic N) is 4. The maximum absolute atomic E-state index is 12.7. The quantitative estimate of drug-likeness (QED) is 0.772. The van der Waals surface area contributed by atoms with Gasteiger partial charge in [-0.15, -0.1) is 0 Å². The molecule has 2 aromatic rings. The Morgan fingerprint density at radius 2 is 2.00 bits per heavy atom. The number of aromatic nitrogens is 2. The Morgan fingerprint density at radius 3 is 2.72 bits per heavy atom. The van der Waals surface area contributed by atoms with Gasteiger partial charge < -0.3 is 4.90 Å². The first kappa shape index (κ1) is 16.9. The highest BCUT2D eigenvalue weighted by Crippen LogP contribution is 2.40. The third-order valence-corrected chi connectivity index (χ3v) is 7.62. The highest BCUT2D eigenvalue weighted by Gasteiger charge is 2.34. The molecule has 1 aromatic carbocycles. The van der Waals surface area contributed by atoms with E-state index in [0.717, 1.165) is 29.5 Å². The molecule has 2 heterocycles. The first-order valence-electron chi connectivity index (χ1n) is 8.61. The van der Waals surface area contributed by atoms with Crippen LogP contribution in [0.5, 0.6) is 0 Å². The second-order valence-corrected chi connectivity index (χ2v) is 9.61. The molecule has 1 unspecified atom stereocenters. The van der Waals surface area contributed by atoms with Crippen molar-refractivity contribution in [2.24, 2.45) is 0 Å². The van der Waals surface area contributed by atoms with Crippen LogP contribution in [0, 0.1) is 0 Å². The van der Waals surface area contributed by atoms with Gasteiger partial charge in [-0.05, 0) is 24.8 Å². The van der Waals surface area contributed by atoms with Crippen molar-refractivity contribution >= 4 is 26.7 Å². The van der Waals surface area contributed by atoms with E-state index in [1.165, 1.54) is 24.4 Å². The van der Waals surface area contributed by atoms with Gasteiger partial charge in [-0.1, -0.05) is 30.3 Å². The Balaban J connectivity index is 1.41. The number of likely N-dealkylation sites (N-methyl/N-ethyl adjacent to an activating group) is 1. The van der Waals surface area contributed by atoms with Crippen LogP contribution in [0.15, 0.2) is 30.3 Å². The lowest BCUT2D eigenvalue weighted by atomic mass is 10.2. The standard InChI is InChI=1S/C17H22N4O2S2/c1-20(25(22,23)12-13-5-3-2-4-6-13)15-9-10-21(11-15)17-18-16(19-24-17)14-7-8-14/h2-6,14-15H,7-12H2,1H3. The SMILES string of the molecule is CN(C1CCN(c2nc(C3CC3)ns2)C1)S(=O)(=O)Cc1ccccc1. The van der Waals surface area contributed by atoms with Crippen molar-refractivity contribution in [3.63, 3.8) is 0 Å². The van der Waals surface area contributed by atoms with Gasteiger partial charge in [0, 0.05) is 43.6 Å². The number of sulfonamides is 1. The number of hydrogen-bond donors (Lipinski definition) is 0. The molecule has 1 aliphatic carbocycles. The molecule has 2 fully saturated rings. The number of benzene rings is 1. The van der Waals surface area contributed by atoms with Gasteiger partial charge in [0.15, 0.2) is 0 Å². The zero-order valence-corrected chi connectivity index (χ0v) is 15.8.